The zero-order valence-electron chi connectivity index (χ0n) is 11.9. The molecular formula is C15H21NO2S. The maximum Gasteiger partial charge on any atom is 0.261 e. The van der Waals surface area contributed by atoms with Gasteiger partial charge in [0.05, 0.1) is 16.4 Å². The molecule has 0 bridgehead atoms. The molecule has 19 heavy (non-hydrogen) atoms. The molecule has 0 fully saturated rings. The van der Waals surface area contributed by atoms with Gasteiger partial charge in [0.15, 0.2) is 0 Å². The summed E-state index contributed by atoms with van der Waals surface area (Å²) in [6, 6.07) is 3.73. The maximum atomic E-state index is 12.1. The van der Waals surface area contributed by atoms with Crippen molar-refractivity contribution in [2.75, 3.05) is 6.61 Å². The number of carbonyl (C=O) groups excluding carboxylic acids is 1. The molecule has 1 amide bonds. The van der Waals surface area contributed by atoms with Crippen LogP contribution in [0, 0.1) is 17.3 Å². The topological polar surface area (TPSA) is 49.3 Å². The minimum Gasteiger partial charge on any atom is -0.395 e. The van der Waals surface area contributed by atoms with Crippen LogP contribution in [0.2, 0.25) is 0 Å². The van der Waals surface area contributed by atoms with Gasteiger partial charge in [-0.05, 0) is 24.5 Å². The van der Waals surface area contributed by atoms with Gasteiger partial charge in [-0.3, -0.25) is 4.79 Å². The van der Waals surface area contributed by atoms with Gasteiger partial charge in [0.25, 0.3) is 5.91 Å². The normalized spacial score (nSPS) is 12.5. The third kappa shape index (κ3) is 5.06. The Morgan fingerprint density at radius 3 is 2.74 bits per heavy atom. The molecule has 0 aliphatic heterocycles. The van der Waals surface area contributed by atoms with E-state index in [1.807, 2.05) is 13.0 Å². The largest absolute Gasteiger partial charge is 0.395 e. The summed E-state index contributed by atoms with van der Waals surface area (Å²) >= 11 is 1.38. The average Bonchev–Trinajstić information content (AvgIpc) is 2.77. The van der Waals surface area contributed by atoms with Crippen molar-refractivity contribution < 1.29 is 9.90 Å². The first-order valence-electron chi connectivity index (χ1n) is 6.35. The van der Waals surface area contributed by atoms with E-state index in [4.69, 9.17) is 5.11 Å². The molecule has 0 radical (unpaired) electrons. The van der Waals surface area contributed by atoms with Crippen LogP contribution in [0.4, 0.5) is 0 Å². The first-order chi connectivity index (χ1) is 8.84. The summed E-state index contributed by atoms with van der Waals surface area (Å²) in [6.07, 6.45) is 0.459. The van der Waals surface area contributed by atoms with Crippen molar-refractivity contribution in [1.29, 1.82) is 0 Å². The van der Waals surface area contributed by atoms with Crippen LogP contribution in [0.5, 0.6) is 0 Å². The van der Waals surface area contributed by atoms with E-state index in [0.29, 0.717) is 11.3 Å². The van der Waals surface area contributed by atoms with Gasteiger partial charge in [-0.2, -0.15) is 0 Å². The number of thiophene rings is 1. The number of rotatable bonds is 3. The molecule has 0 spiro atoms. The van der Waals surface area contributed by atoms with Gasteiger partial charge < -0.3 is 10.4 Å². The van der Waals surface area contributed by atoms with E-state index in [1.165, 1.54) is 11.3 Å². The molecule has 1 heterocycles. The number of nitrogens with one attached hydrogen (secondary N) is 1. The molecular weight excluding hydrogens is 258 g/mol. The summed E-state index contributed by atoms with van der Waals surface area (Å²) in [5.41, 5.74) is 0.0384. The SMILES string of the molecule is CC(NC(=O)c1ccc(C#CCCO)s1)C(C)(C)C. The third-order valence-corrected chi connectivity index (χ3v) is 3.92. The number of amides is 1. The first kappa shape index (κ1) is 15.7. The Morgan fingerprint density at radius 1 is 1.47 bits per heavy atom. The van der Waals surface area contributed by atoms with Crippen molar-refractivity contribution in [3.05, 3.63) is 21.9 Å². The molecule has 0 aliphatic rings. The maximum absolute atomic E-state index is 12.1. The zero-order valence-corrected chi connectivity index (χ0v) is 12.7. The van der Waals surface area contributed by atoms with Gasteiger partial charge in [0.1, 0.15) is 0 Å². The summed E-state index contributed by atoms with van der Waals surface area (Å²) in [5.74, 6) is 5.73. The molecule has 1 rings (SSSR count). The molecule has 0 aliphatic carbocycles. The summed E-state index contributed by atoms with van der Waals surface area (Å²) in [7, 11) is 0. The molecule has 1 atom stereocenters. The molecule has 1 aromatic heterocycles. The highest BCUT2D eigenvalue weighted by molar-refractivity contribution is 7.14. The van der Waals surface area contributed by atoms with Gasteiger partial charge in [-0.15, -0.1) is 11.3 Å². The predicted molar refractivity (Wildman–Crippen MR) is 79.3 cm³/mol. The number of carbonyl (C=O) groups is 1. The van der Waals surface area contributed by atoms with E-state index < -0.39 is 0 Å². The monoisotopic (exact) mass is 279 g/mol. The van der Waals surface area contributed by atoms with E-state index >= 15 is 0 Å². The zero-order chi connectivity index (χ0) is 14.5. The Morgan fingerprint density at radius 2 is 2.16 bits per heavy atom. The van der Waals surface area contributed by atoms with E-state index in [2.05, 4.69) is 37.9 Å². The Balaban J connectivity index is 2.67. The lowest BCUT2D eigenvalue weighted by atomic mass is 9.88. The highest BCUT2D eigenvalue weighted by Crippen LogP contribution is 2.20. The summed E-state index contributed by atoms with van der Waals surface area (Å²) in [6.45, 7) is 8.36. The van der Waals surface area contributed by atoms with E-state index in [1.54, 1.807) is 6.07 Å². The first-order valence-corrected chi connectivity index (χ1v) is 7.16. The van der Waals surface area contributed by atoms with Gasteiger partial charge in [0, 0.05) is 12.5 Å². The standard InChI is InChI=1S/C15H21NO2S/c1-11(15(2,3)4)16-14(18)13-9-8-12(19-13)7-5-6-10-17/h8-9,11,17H,6,10H2,1-4H3,(H,16,18). The van der Waals surface area contributed by atoms with Gasteiger partial charge in [-0.25, -0.2) is 0 Å². The molecule has 3 nitrogen and oxygen atoms in total. The predicted octanol–water partition coefficient (Wildman–Crippen LogP) is 2.65. The van der Waals surface area contributed by atoms with E-state index in [0.717, 1.165) is 4.88 Å². The van der Waals surface area contributed by atoms with Crippen molar-refractivity contribution in [3.8, 4) is 11.8 Å². The quantitative estimate of drug-likeness (QED) is 0.836. The number of aliphatic hydroxyl groups excluding tert-OH is 1. The second-order valence-electron chi connectivity index (χ2n) is 5.50. The van der Waals surface area contributed by atoms with Crippen LogP contribution in [0.15, 0.2) is 12.1 Å². The summed E-state index contributed by atoms with van der Waals surface area (Å²) in [4.78, 5) is 13.6. The molecule has 1 unspecified atom stereocenters. The molecule has 0 aromatic carbocycles. The molecule has 2 N–H and O–H groups in total. The highest BCUT2D eigenvalue weighted by Gasteiger charge is 2.22. The fourth-order valence-corrected chi connectivity index (χ4v) is 2.00. The Hall–Kier alpha value is -1.31. The molecule has 104 valence electrons. The Kier molecular flexibility index (Phi) is 5.59. The van der Waals surface area contributed by atoms with Crippen LogP contribution in [0.1, 0.15) is 48.7 Å². The summed E-state index contributed by atoms with van der Waals surface area (Å²) < 4.78 is 0. The van der Waals surface area contributed by atoms with Gasteiger partial charge >= 0.3 is 0 Å². The lowest BCUT2D eigenvalue weighted by molar-refractivity contribution is 0.0914. The number of hydrogen-bond acceptors (Lipinski definition) is 3. The van der Waals surface area contributed by atoms with Crippen molar-refractivity contribution in [2.45, 2.75) is 40.2 Å². The molecule has 0 saturated carbocycles. The second kappa shape index (κ2) is 6.74. The van der Waals surface area contributed by atoms with Crippen molar-refractivity contribution >= 4 is 17.2 Å². The minimum absolute atomic E-state index is 0.0384. The lowest BCUT2D eigenvalue weighted by Crippen LogP contribution is -2.41. The van der Waals surface area contributed by atoms with Crippen LogP contribution < -0.4 is 5.32 Å². The Bertz CT molecular complexity index is 488. The van der Waals surface area contributed by atoms with Crippen LogP contribution in [-0.4, -0.2) is 23.7 Å². The van der Waals surface area contributed by atoms with E-state index in [9.17, 15) is 4.79 Å². The minimum atomic E-state index is -0.0531. The molecule has 0 saturated heterocycles. The fraction of sp³-hybridized carbons (Fsp3) is 0.533. The van der Waals surface area contributed by atoms with Gasteiger partial charge in [0.2, 0.25) is 0 Å². The third-order valence-electron chi connectivity index (χ3n) is 2.92. The van der Waals surface area contributed by atoms with Crippen LogP contribution in [-0.2, 0) is 0 Å². The average molecular weight is 279 g/mol. The molecule has 4 heteroatoms. The molecule has 1 aromatic rings. The van der Waals surface area contributed by atoms with Crippen LogP contribution in [0.25, 0.3) is 0 Å². The second-order valence-corrected chi connectivity index (χ2v) is 6.58. The van der Waals surface area contributed by atoms with Crippen molar-refractivity contribution in [2.24, 2.45) is 5.41 Å². The Labute approximate surface area is 119 Å². The fourth-order valence-electron chi connectivity index (χ4n) is 1.22. The van der Waals surface area contributed by atoms with Crippen LogP contribution >= 0.6 is 11.3 Å². The lowest BCUT2D eigenvalue weighted by Gasteiger charge is -2.27. The van der Waals surface area contributed by atoms with Crippen molar-refractivity contribution in [1.82, 2.24) is 5.32 Å². The van der Waals surface area contributed by atoms with E-state index in [-0.39, 0.29) is 24.0 Å². The summed E-state index contributed by atoms with van der Waals surface area (Å²) in [5, 5.41) is 11.6. The van der Waals surface area contributed by atoms with Gasteiger partial charge in [-0.1, -0.05) is 32.6 Å². The number of aliphatic hydroxyl groups is 1. The van der Waals surface area contributed by atoms with Crippen LogP contribution in [0.3, 0.4) is 0 Å². The number of hydrogen-bond donors (Lipinski definition) is 2. The highest BCUT2D eigenvalue weighted by atomic mass is 32.1. The van der Waals surface area contributed by atoms with Crippen molar-refractivity contribution in [3.63, 3.8) is 0 Å². The smallest absolute Gasteiger partial charge is 0.261 e.